The van der Waals surface area contributed by atoms with Gasteiger partial charge >= 0.3 is 6.01 Å². The van der Waals surface area contributed by atoms with E-state index in [1.165, 1.54) is 0 Å². The number of nitrogens with zero attached hydrogens (tertiary/aromatic N) is 3. The van der Waals surface area contributed by atoms with Gasteiger partial charge in [0.1, 0.15) is 5.75 Å². The largest absolute Gasteiger partial charge is 0.424 e. The first-order chi connectivity index (χ1) is 12.8. The Morgan fingerprint density at radius 2 is 1.08 bits per heavy atom. The molecule has 1 heterocycles. The van der Waals surface area contributed by atoms with Crippen molar-refractivity contribution in [3.05, 3.63) is 90.0 Å². The molecule has 4 rings (SSSR count). The summed E-state index contributed by atoms with van der Waals surface area (Å²) in [4.78, 5) is 13.5. The van der Waals surface area contributed by atoms with Crippen LogP contribution in [-0.4, -0.2) is 15.0 Å². The molecular formula is C21H14ClN3O. The van der Waals surface area contributed by atoms with Gasteiger partial charge in [-0.3, -0.25) is 0 Å². The lowest BCUT2D eigenvalue weighted by atomic mass is 10.2. The lowest BCUT2D eigenvalue weighted by molar-refractivity contribution is 0.441. The van der Waals surface area contributed by atoms with E-state index in [1.54, 1.807) is 24.3 Å². The van der Waals surface area contributed by atoms with E-state index in [-0.39, 0.29) is 6.01 Å². The lowest BCUT2D eigenvalue weighted by Crippen LogP contribution is -2.00. The van der Waals surface area contributed by atoms with Crippen LogP contribution in [0, 0.1) is 0 Å². The summed E-state index contributed by atoms with van der Waals surface area (Å²) >= 11 is 5.93. The third-order valence-electron chi connectivity index (χ3n) is 3.70. The van der Waals surface area contributed by atoms with Gasteiger partial charge in [0.15, 0.2) is 11.6 Å². The molecule has 3 aromatic carbocycles. The molecule has 0 atom stereocenters. The van der Waals surface area contributed by atoms with Gasteiger partial charge in [0, 0.05) is 16.1 Å². The van der Waals surface area contributed by atoms with Gasteiger partial charge < -0.3 is 4.74 Å². The molecule has 0 aliphatic heterocycles. The first-order valence-electron chi connectivity index (χ1n) is 8.08. The first-order valence-corrected chi connectivity index (χ1v) is 8.46. The maximum Gasteiger partial charge on any atom is 0.326 e. The topological polar surface area (TPSA) is 47.9 Å². The van der Waals surface area contributed by atoms with E-state index in [9.17, 15) is 0 Å². The van der Waals surface area contributed by atoms with Crippen molar-refractivity contribution in [1.82, 2.24) is 15.0 Å². The van der Waals surface area contributed by atoms with Crippen molar-refractivity contribution in [3.8, 4) is 34.5 Å². The number of rotatable bonds is 4. The number of hydrogen-bond donors (Lipinski definition) is 0. The molecule has 4 nitrogen and oxygen atoms in total. The van der Waals surface area contributed by atoms with E-state index in [0.717, 1.165) is 11.1 Å². The Labute approximate surface area is 156 Å². The van der Waals surface area contributed by atoms with E-state index >= 15 is 0 Å². The molecule has 0 radical (unpaired) electrons. The molecule has 1 aromatic heterocycles. The van der Waals surface area contributed by atoms with Gasteiger partial charge in [0.05, 0.1) is 0 Å². The molecule has 0 saturated carbocycles. The standard InChI is InChI=1S/C21H14ClN3O/c22-17-11-13-18(14-12-17)26-21-24-19(15-7-3-1-4-8-15)23-20(25-21)16-9-5-2-6-10-16/h1-14H. The second-order valence-corrected chi connectivity index (χ2v) is 5.99. The highest BCUT2D eigenvalue weighted by molar-refractivity contribution is 6.30. The third-order valence-corrected chi connectivity index (χ3v) is 3.95. The van der Waals surface area contributed by atoms with Crippen LogP contribution in [0.4, 0.5) is 0 Å². The molecule has 0 aliphatic carbocycles. The fraction of sp³-hybridized carbons (Fsp3) is 0. The average Bonchev–Trinajstić information content (AvgIpc) is 2.71. The predicted molar refractivity (Wildman–Crippen MR) is 102 cm³/mol. The van der Waals surface area contributed by atoms with Crippen molar-refractivity contribution in [2.24, 2.45) is 0 Å². The van der Waals surface area contributed by atoms with Crippen molar-refractivity contribution < 1.29 is 4.74 Å². The summed E-state index contributed by atoms with van der Waals surface area (Å²) in [7, 11) is 0. The van der Waals surface area contributed by atoms with Gasteiger partial charge in [-0.05, 0) is 24.3 Å². The van der Waals surface area contributed by atoms with Crippen LogP contribution in [0.15, 0.2) is 84.9 Å². The van der Waals surface area contributed by atoms with Crippen molar-refractivity contribution in [2.75, 3.05) is 0 Å². The Hall–Kier alpha value is -3.24. The Bertz CT molecular complexity index is 949. The number of hydrogen-bond acceptors (Lipinski definition) is 4. The maximum absolute atomic E-state index is 5.93. The molecular weight excluding hydrogens is 346 g/mol. The molecule has 26 heavy (non-hydrogen) atoms. The zero-order valence-corrected chi connectivity index (χ0v) is 14.5. The molecule has 0 N–H and O–H groups in total. The fourth-order valence-corrected chi connectivity index (χ4v) is 2.57. The van der Waals surface area contributed by atoms with Crippen LogP contribution in [0.2, 0.25) is 5.02 Å². The Balaban J connectivity index is 1.78. The molecule has 0 fully saturated rings. The fourth-order valence-electron chi connectivity index (χ4n) is 2.44. The molecule has 126 valence electrons. The summed E-state index contributed by atoms with van der Waals surface area (Å²) in [5.41, 5.74) is 1.79. The second kappa shape index (κ2) is 7.33. The Morgan fingerprint density at radius 1 is 0.577 bits per heavy atom. The lowest BCUT2D eigenvalue weighted by Gasteiger charge is -2.08. The van der Waals surface area contributed by atoms with Gasteiger partial charge in [0.2, 0.25) is 0 Å². The average molecular weight is 360 g/mol. The van der Waals surface area contributed by atoms with E-state index in [4.69, 9.17) is 16.3 Å². The summed E-state index contributed by atoms with van der Waals surface area (Å²) in [6.45, 7) is 0. The van der Waals surface area contributed by atoms with Crippen molar-refractivity contribution in [2.45, 2.75) is 0 Å². The van der Waals surface area contributed by atoms with Gasteiger partial charge in [-0.2, -0.15) is 9.97 Å². The number of benzene rings is 3. The molecule has 4 aromatic rings. The molecule has 0 saturated heterocycles. The molecule has 0 bridgehead atoms. The smallest absolute Gasteiger partial charge is 0.326 e. The molecule has 0 spiro atoms. The summed E-state index contributed by atoms with van der Waals surface area (Å²) < 4.78 is 5.84. The zero-order chi connectivity index (χ0) is 17.8. The second-order valence-electron chi connectivity index (χ2n) is 5.55. The zero-order valence-electron chi connectivity index (χ0n) is 13.7. The number of ether oxygens (including phenoxy) is 1. The van der Waals surface area contributed by atoms with Crippen molar-refractivity contribution >= 4 is 11.6 Å². The Morgan fingerprint density at radius 3 is 1.58 bits per heavy atom. The van der Waals surface area contributed by atoms with Crippen LogP contribution in [0.1, 0.15) is 0 Å². The quantitative estimate of drug-likeness (QED) is 0.472. The molecule has 0 aliphatic rings. The molecule has 0 unspecified atom stereocenters. The minimum absolute atomic E-state index is 0.236. The maximum atomic E-state index is 5.93. The van der Waals surface area contributed by atoms with Gasteiger partial charge in [-0.1, -0.05) is 72.3 Å². The van der Waals surface area contributed by atoms with Crippen LogP contribution in [0.25, 0.3) is 22.8 Å². The van der Waals surface area contributed by atoms with Crippen LogP contribution in [0.3, 0.4) is 0 Å². The predicted octanol–water partition coefficient (Wildman–Crippen LogP) is 5.65. The minimum atomic E-state index is 0.236. The highest BCUT2D eigenvalue weighted by atomic mass is 35.5. The van der Waals surface area contributed by atoms with E-state index < -0.39 is 0 Å². The van der Waals surface area contributed by atoms with Crippen LogP contribution < -0.4 is 4.74 Å². The summed E-state index contributed by atoms with van der Waals surface area (Å²) in [6.07, 6.45) is 0. The SMILES string of the molecule is Clc1ccc(Oc2nc(-c3ccccc3)nc(-c3ccccc3)n2)cc1. The first kappa shape index (κ1) is 16.2. The Kier molecular flexibility index (Phi) is 4.58. The third kappa shape index (κ3) is 3.71. The molecule has 5 heteroatoms. The van der Waals surface area contributed by atoms with E-state index in [2.05, 4.69) is 15.0 Å². The highest BCUT2D eigenvalue weighted by Crippen LogP contribution is 2.25. The molecule has 0 amide bonds. The van der Waals surface area contributed by atoms with Crippen molar-refractivity contribution in [1.29, 1.82) is 0 Å². The van der Waals surface area contributed by atoms with Gasteiger partial charge in [-0.25, -0.2) is 4.98 Å². The van der Waals surface area contributed by atoms with Gasteiger partial charge in [-0.15, -0.1) is 0 Å². The van der Waals surface area contributed by atoms with Crippen LogP contribution in [0.5, 0.6) is 11.8 Å². The highest BCUT2D eigenvalue weighted by Gasteiger charge is 2.11. The number of aromatic nitrogens is 3. The minimum Gasteiger partial charge on any atom is -0.424 e. The van der Waals surface area contributed by atoms with E-state index in [0.29, 0.717) is 22.4 Å². The van der Waals surface area contributed by atoms with Crippen LogP contribution >= 0.6 is 11.6 Å². The monoisotopic (exact) mass is 359 g/mol. The summed E-state index contributed by atoms with van der Waals surface area (Å²) in [6, 6.07) is 26.8. The summed E-state index contributed by atoms with van der Waals surface area (Å²) in [5, 5.41) is 0.642. The van der Waals surface area contributed by atoms with Crippen LogP contribution in [-0.2, 0) is 0 Å². The van der Waals surface area contributed by atoms with E-state index in [1.807, 2.05) is 60.7 Å². The normalized spacial score (nSPS) is 10.5. The van der Waals surface area contributed by atoms with Gasteiger partial charge in [0.25, 0.3) is 0 Å². The van der Waals surface area contributed by atoms with Crippen molar-refractivity contribution in [3.63, 3.8) is 0 Å². The summed E-state index contributed by atoms with van der Waals surface area (Å²) in [5.74, 6) is 1.73. The number of halogens is 1.